The van der Waals surface area contributed by atoms with Crippen LogP contribution in [0, 0.1) is 0 Å². The highest BCUT2D eigenvalue weighted by molar-refractivity contribution is 5.50. The number of benzene rings is 3. The van der Waals surface area contributed by atoms with Gasteiger partial charge in [0.1, 0.15) is 0 Å². The average Bonchev–Trinajstić information content (AvgIpc) is 2.89. The number of hydrogen-bond donors (Lipinski definition) is 2. The standard InChI is InChI=1S/C31H40N2/c32-24-25-33-31(28-16-10-6-11-17-28,29-18-12-7-13-19-29)30-22-20-27(21-23-30)26-14-8-4-2-1-3-5-9-15-26/h6-7,10-13,16-23,26,33H,1-5,8-9,14-15,24-25,32H2. The van der Waals surface area contributed by atoms with Gasteiger partial charge in [0.2, 0.25) is 0 Å². The van der Waals surface area contributed by atoms with Gasteiger partial charge in [-0.15, -0.1) is 0 Å². The maximum absolute atomic E-state index is 5.98. The van der Waals surface area contributed by atoms with E-state index in [0.29, 0.717) is 12.5 Å². The van der Waals surface area contributed by atoms with Crippen molar-refractivity contribution in [1.29, 1.82) is 0 Å². The van der Waals surface area contributed by atoms with Crippen LogP contribution in [0.25, 0.3) is 0 Å². The summed E-state index contributed by atoms with van der Waals surface area (Å²) < 4.78 is 0. The Morgan fingerprint density at radius 3 is 1.55 bits per heavy atom. The van der Waals surface area contributed by atoms with Crippen LogP contribution in [0.3, 0.4) is 0 Å². The lowest BCUT2D eigenvalue weighted by molar-refractivity contribution is 0.461. The topological polar surface area (TPSA) is 38.0 Å². The van der Waals surface area contributed by atoms with E-state index >= 15 is 0 Å². The van der Waals surface area contributed by atoms with E-state index in [1.165, 1.54) is 80.0 Å². The molecule has 0 heterocycles. The molecule has 0 aliphatic heterocycles. The molecule has 3 aromatic carbocycles. The molecule has 0 bridgehead atoms. The summed E-state index contributed by atoms with van der Waals surface area (Å²) in [6, 6.07) is 31.1. The molecule has 0 atom stereocenters. The molecule has 0 aromatic heterocycles. The number of nitrogens with one attached hydrogen (secondary N) is 1. The van der Waals surface area contributed by atoms with Gasteiger partial charge in [0.25, 0.3) is 0 Å². The van der Waals surface area contributed by atoms with Crippen molar-refractivity contribution in [1.82, 2.24) is 5.32 Å². The first kappa shape index (κ1) is 23.7. The molecular formula is C31H40N2. The molecule has 0 saturated heterocycles. The molecule has 0 radical (unpaired) electrons. The van der Waals surface area contributed by atoms with Crippen LogP contribution in [0.5, 0.6) is 0 Å². The predicted octanol–water partition coefficient (Wildman–Crippen LogP) is 7.13. The molecule has 4 rings (SSSR count). The molecule has 2 heteroatoms. The fourth-order valence-electron chi connectivity index (χ4n) is 5.59. The van der Waals surface area contributed by atoms with E-state index in [-0.39, 0.29) is 0 Å². The molecular weight excluding hydrogens is 400 g/mol. The fraction of sp³-hybridized carbons (Fsp3) is 0.419. The van der Waals surface area contributed by atoms with Crippen LogP contribution >= 0.6 is 0 Å². The predicted molar refractivity (Wildman–Crippen MR) is 141 cm³/mol. The average molecular weight is 441 g/mol. The molecule has 1 saturated carbocycles. The number of rotatable bonds is 7. The van der Waals surface area contributed by atoms with Gasteiger partial charge in [0, 0.05) is 13.1 Å². The third kappa shape index (κ3) is 5.75. The summed E-state index contributed by atoms with van der Waals surface area (Å²) >= 11 is 0. The normalized spacial score (nSPS) is 16.4. The quantitative estimate of drug-likeness (QED) is 0.383. The second-order valence-corrected chi connectivity index (χ2v) is 9.57. The molecule has 0 unspecified atom stereocenters. The Morgan fingerprint density at radius 1 is 0.606 bits per heavy atom. The molecule has 1 fully saturated rings. The second kappa shape index (κ2) is 12.2. The first-order valence-corrected chi connectivity index (χ1v) is 13.0. The van der Waals surface area contributed by atoms with Crippen LogP contribution in [0.4, 0.5) is 0 Å². The van der Waals surface area contributed by atoms with Crippen LogP contribution in [0.2, 0.25) is 0 Å². The molecule has 174 valence electrons. The van der Waals surface area contributed by atoms with Gasteiger partial charge in [-0.25, -0.2) is 0 Å². The van der Waals surface area contributed by atoms with E-state index in [1.54, 1.807) is 0 Å². The smallest absolute Gasteiger partial charge is 0.0948 e. The summed E-state index contributed by atoms with van der Waals surface area (Å²) in [6.07, 6.45) is 12.4. The van der Waals surface area contributed by atoms with Crippen molar-refractivity contribution in [2.24, 2.45) is 5.73 Å². The van der Waals surface area contributed by atoms with Crippen molar-refractivity contribution in [2.75, 3.05) is 13.1 Å². The Labute approximate surface area is 200 Å². The Balaban J connectivity index is 1.71. The van der Waals surface area contributed by atoms with Crippen molar-refractivity contribution in [3.63, 3.8) is 0 Å². The van der Waals surface area contributed by atoms with Crippen LogP contribution in [0.1, 0.15) is 86.0 Å². The monoisotopic (exact) mass is 440 g/mol. The van der Waals surface area contributed by atoms with Gasteiger partial charge in [-0.3, -0.25) is 5.32 Å². The molecule has 33 heavy (non-hydrogen) atoms. The molecule has 2 nitrogen and oxygen atoms in total. The highest BCUT2D eigenvalue weighted by Gasteiger charge is 2.35. The highest BCUT2D eigenvalue weighted by Crippen LogP contribution is 2.38. The Morgan fingerprint density at radius 2 is 1.06 bits per heavy atom. The van der Waals surface area contributed by atoms with Crippen molar-refractivity contribution in [2.45, 2.75) is 69.2 Å². The maximum atomic E-state index is 5.98. The molecule has 1 aliphatic rings. The third-order valence-electron chi connectivity index (χ3n) is 7.37. The first-order valence-electron chi connectivity index (χ1n) is 13.0. The van der Waals surface area contributed by atoms with Gasteiger partial charge in [0.05, 0.1) is 5.54 Å². The minimum atomic E-state index is -0.420. The Hall–Kier alpha value is -2.42. The van der Waals surface area contributed by atoms with Crippen molar-refractivity contribution >= 4 is 0 Å². The minimum Gasteiger partial charge on any atom is -0.329 e. The van der Waals surface area contributed by atoms with E-state index in [4.69, 9.17) is 5.73 Å². The molecule has 1 aliphatic carbocycles. The summed E-state index contributed by atoms with van der Waals surface area (Å²) in [6.45, 7) is 1.34. The van der Waals surface area contributed by atoms with Gasteiger partial charge in [-0.05, 0) is 41.0 Å². The number of hydrogen-bond acceptors (Lipinski definition) is 2. The van der Waals surface area contributed by atoms with E-state index in [9.17, 15) is 0 Å². The summed E-state index contributed by atoms with van der Waals surface area (Å²) in [5, 5.41) is 3.84. The van der Waals surface area contributed by atoms with Crippen LogP contribution in [-0.2, 0) is 5.54 Å². The van der Waals surface area contributed by atoms with E-state index in [0.717, 1.165) is 6.54 Å². The zero-order chi connectivity index (χ0) is 22.8. The summed E-state index contributed by atoms with van der Waals surface area (Å²) in [7, 11) is 0. The van der Waals surface area contributed by atoms with Gasteiger partial charge in [0.15, 0.2) is 0 Å². The second-order valence-electron chi connectivity index (χ2n) is 9.57. The summed E-state index contributed by atoms with van der Waals surface area (Å²) in [5.74, 6) is 0.692. The zero-order valence-electron chi connectivity index (χ0n) is 20.0. The third-order valence-corrected chi connectivity index (χ3v) is 7.37. The Bertz CT molecular complexity index is 884. The number of nitrogens with two attached hydrogens (primary N) is 1. The van der Waals surface area contributed by atoms with Crippen LogP contribution < -0.4 is 11.1 Å². The SMILES string of the molecule is NCCNC(c1ccccc1)(c1ccccc1)c1ccc(C2CCCCCCCCC2)cc1. The molecule has 3 N–H and O–H groups in total. The lowest BCUT2D eigenvalue weighted by Gasteiger charge is -2.37. The van der Waals surface area contributed by atoms with E-state index in [1.807, 2.05) is 0 Å². The first-order chi connectivity index (χ1) is 16.3. The van der Waals surface area contributed by atoms with Crippen molar-refractivity contribution in [3.8, 4) is 0 Å². The van der Waals surface area contributed by atoms with Gasteiger partial charge in [-0.1, -0.05) is 130 Å². The molecule has 0 amide bonds. The summed E-state index contributed by atoms with van der Waals surface area (Å²) in [5.41, 5.74) is 10.8. The fourth-order valence-corrected chi connectivity index (χ4v) is 5.59. The highest BCUT2D eigenvalue weighted by atomic mass is 15.0. The minimum absolute atomic E-state index is 0.420. The maximum Gasteiger partial charge on any atom is 0.0948 e. The van der Waals surface area contributed by atoms with Gasteiger partial charge in [-0.2, -0.15) is 0 Å². The van der Waals surface area contributed by atoms with E-state index in [2.05, 4.69) is 90.2 Å². The zero-order valence-corrected chi connectivity index (χ0v) is 20.0. The largest absolute Gasteiger partial charge is 0.329 e. The Kier molecular flexibility index (Phi) is 8.74. The van der Waals surface area contributed by atoms with Crippen molar-refractivity contribution in [3.05, 3.63) is 107 Å². The van der Waals surface area contributed by atoms with Gasteiger partial charge < -0.3 is 5.73 Å². The van der Waals surface area contributed by atoms with Crippen LogP contribution in [0.15, 0.2) is 84.9 Å². The van der Waals surface area contributed by atoms with Gasteiger partial charge >= 0.3 is 0 Å². The lowest BCUT2D eigenvalue weighted by atomic mass is 9.76. The molecule has 0 spiro atoms. The van der Waals surface area contributed by atoms with Crippen molar-refractivity contribution < 1.29 is 0 Å². The van der Waals surface area contributed by atoms with Crippen LogP contribution in [-0.4, -0.2) is 13.1 Å². The lowest BCUT2D eigenvalue weighted by Crippen LogP contribution is -2.46. The summed E-state index contributed by atoms with van der Waals surface area (Å²) in [4.78, 5) is 0. The molecule has 3 aromatic rings. The van der Waals surface area contributed by atoms with E-state index < -0.39 is 5.54 Å².